The summed E-state index contributed by atoms with van der Waals surface area (Å²) in [6.45, 7) is 11.5. The van der Waals surface area contributed by atoms with Crippen LogP contribution in [0.1, 0.15) is 36.8 Å². The summed E-state index contributed by atoms with van der Waals surface area (Å²) >= 11 is 3.67. The van der Waals surface area contributed by atoms with Crippen molar-refractivity contribution < 1.29 is 9.47 Å². The number of hydrogen-bond donors (Lipinski definition) is 0. The molecule has 62 heavy (non-hydrogen) atoms. The Morgan fingerprint density at radius 1 is 0.468 bits per heavy atom. The van der Waals surface area contributed by atoms with Gasteiger partial charge in [-0.3, -0.25) is 10.0 Å². The average Bonchev–Trinajstić information content (AvgIpc) is 3.32. The quantitative estimate of drug-likeness (QED) is 0.0307. The van der Waals surface area contributed by atoms with E-state index >= 15 is 0 Å². The Bertz CT molecular complexity index is 2310. The number of unbranched alkanes of at least 4 members (excludes halogenated alkanes) is 3. The number of fused-ring (bicyclic) bond motifs is 4. The molecule has 8 rings (SSSR count). The molecule has 0 saturated carbocycles. The predicted octanol–water partition coefficient (Wildman–Crippen LogP) is 13.2. The summed E-state index contributed by atoms with van der Waals surface area (Å²) in [6, 6.07) is 51.3. The highest BCUT2D eigenvalue weighted by atomic mass is 32.2. The molecule has 0 unspecified atom stereocenters. The first-order valence-corrected chi connectivity index (χ1v) is 22.9. The molecule has 8 nitrogen and oxygen atoms in total. The largest absolute Gasteiger partial charge is 0.500 e. The zero-order chi connectivity index (χ0) is 42.4. The van der Waals surface area contributed by atoms with Gasteiger partial charge in [-0.2, -0.15) is 10.2 Å². The van der Waals surface area contributed by atoms with Crippen molar-refractivity contribution in [1.82, 2.24) is 0 Å². The number of ether oxygens (including phenoxy) is 2. The van der Waals surface area contributed by atoms with Crippen molar-refractivity contribution in [3.05, 3.63) is 182 Å². The van der Waals surface area contributed by atoms with Crippen LogP contribution in [0.25, 0.3) is 0 Å². The van der Waals surface area contributed by atoms with Crippen LogP contribution in [0.5, 0.6) is 0 Å². The van der Waals surface area contributed by atoms with Gasteiger partial charge in [-0.1, -0.05) is 122 Å². The molecule has 0 bridgehead atoms. The Balaban J connectivity index is 0.905. The van der Waals surface area contributed by atoms with Crippen molar-refractivity contribution in [3.8, 4) is 0 Å². The van der Waals surface area contributed by atoms with Crippen molar-refractivity contribution in [1.29, 1.82) is 0 Å². The Morgan fingerprint density at radius 2 is 0.871 bits per heavy atom. The molecular weight excluding hydrogens is 805 g/mol. The van der Waals surface area contributed by atoms with Gasteiger partial charge < -0.3 is 19.3 Å². The van der Waals surface area contributed by atoms with Crippen molar-refractivity contribution in [2.24, 2.45) is 10.2 Å². The maximum Gasteiger partial charge on any atom is 0.107 e. The SMILES string of the molecule is C=COCCN(N=Cc1ccc2c(c1)Sc1ccccc1N2CCCCCCN1c2ccccc2Sc2cc(C=NN(CCOC=C)c3ccccc3)ccc21)c1ccccc1. The van der Waals surface area contributed by atoms with E-state index in [2.05, 4.69) is 132 Å². The first-order chi connectivity index (χ1) is 30.7. The molecule has 10 heteroatoms. The van der Waals surface area contributed by atoms with E-state index in [1.165, 1.54) is 54.9 Å². The first kappa shape index (κ1) is 42.3. The van der Waals surface area contributed by atoms with Crippen molar-refractivity contribution in [3.63, 3.8) is 0 Å². The van der Waals surface area contributed by atoms with Gasteiger partial charge in [-0.05, 0) is 96.8 Å². The molecule has 0 radical (unpaired) electrons. The van der Waals surface area contributed by atoms with E-state index in [1.54, 1.807) is 0 Å². The molecule has 0 atom stereocenters. The Hall–Kier alpha value is -6.36. The molecule has 0 N–H and O–H groups in total. The molecule has 0 aliphatic carbocycles. The van der Waals surface area contributed by atoms with E-state index in [0.717, 1.165) is 61.3 Å². The van der Waals surface area contributed by atoms with Gasteiger partial charge in [0.2, 0.25) is 0 Å². The van der Waals surface area contributed by atoms with Crippen LogP contribution < -0.4 is 19.8 Å². The highest BCUT2D eigenvalue weighted by Crippen LogP contribution is 2.49. The minimum atomic E-state index is 0.502. The van der Waals surface area contributed by atoms with Crippen LogP contribution in [0.2, 0.25) is 0 Å². The molecular formula is C52H52N6O2S2. The number of nitrogens with zero attached hydrogens (tertiary/aromatic N) is 6. The van der Waals surface area contributed by atoms with E-state index in [-0.39, 0.29) is 0 Å². The summed E-state index contributed by atoms with van der Waals surface area (Å²) in [4.78, 5) is 10.1. The number of benzene rings is 6. The average molecular weight is 857 g/mol. The highest BCUT2D eigenvalue weighted by Gasteiger charge is 2.25. The number of anilines is 6. The summed E-state index contributed by atoms with van der Waals surface area (Å²) in [5.41, 5.74) is 9.22. The van der Waals surface area contributed by atoms with Gasteiger partial charge in [0.1, 0.15) is 13.2 Å². The lowest BCUT2D eigenvalue weighted by atomic mass is 10.1. The van der Waals surface area contributed by atoms with Crippen molar-refractivity contribution in [2.45, 2.75) is 45.3 Å². The molecule has 2 aliphatic heterocycles. The van der Waals surface area contributed by atoms with Gasteiger partial charge in [0.05, 0.1) is 72.2 Å². The molecule has 0 aromatic heterocycles. The van der Waals surface area contributed by atoms with E-state index < -0.39 is 0 Å². The fraction of sp³-hybridized carbons (Fsp3) is 0.192. The van der Waals surface area contributed by atoms with Gasteiger partial charge in [0, 0.05) is 32.7 Å². The Kier molecular flexibility index (Phi) is 14.6. The lowest BCUT2D eigenvalue weighted by Gasteiger charge is -2.33. The van der Waals surface area contributed by atoms with Crippen LogP contribution in [0.3, 0.4) is 0 Å². The topological polar surface area (TPSA) is 56.1 Å². The lowest BCUT2D eigenvalue weighted by Crippen LogP contribution is -2.23. The van der Waals surface area contributed by atoms with Crippen LogP contribution in [-0.2, 0) is 9.47 Å². The fourth-order valence-corrected chi connectivity index (χ4v) is 9.95. The molecule has 2 heterocycles. The van der Waals surface area contributed by atoms with E-state index in [9.17, 15) is 0 Å². The van der Waals surface area contributed by atoms with Crippen molar-refractivity contribution in [2.75, 3.05) is 59.2 Å². The maximum absolute atomic E-state index is 5.43. The van der Waals surface area contributed by atoms with E-state index in [1.807, 2.05) is 82.4 Å². The van der Waals surface area contributed by atoms with Gasteiger partial charge in [0.15, 0.2) is 0 Å². The molecule has 0 spiro atoms. The van der Waals surface area contributed by atoms with Gasteiger partial charge in [-0.25, -0.2) is 0 Å². The summed E-state index contributed by atoms with van der Waals surface area (Å²) < 4.78 is 10.9. The molecule has 2 aliphatic rings. The fourth-order valence-electron chi connectivity index (χ4n) is 7.66. The molecule has 6 aromatic rings. The van der Waals surface area contributed by atoms with Gasteiger partial charge in [0.25, 0.3) is 0 Å². The normalized spacial score (nSPS) is 12.6. The Morgan fingerprint density at radius 3 is 1.31 bits per heavy atom. The number of hydrogen-bond acceptors (Lipinski definition) is 10. The zero-order valence-corrected chi connectivity index (χ0v) is 36.6. The monoisotopic (exact) mass is 856 g/mol. The third kappa shape index (κ3) is 10.6. The molecule has 0 fully saturated rings. The third-order valence-electron chi connectivity index (χ3n) is 10.7. The molecule has 314 valence electrons. The summed E-state index contributed by atoms with van der Waals surface area (Å²) in [6.07, 6.45) is 11.4. The summed E-state index contributed by atoms with van der Waals surface area (Å²) in [7, 11) is 0. The standard InChI is InChI=1S/C52H52N6O2S2/c1-3-59-35-33-57(43-19-9-7-10-20-43)53-39-41-27-29-47-51(37-41)61-49-25-15-13-23-45(49)55(47)31-17-5-6-18-32-56-46-24-14-16-26-50(46)62-52-38-42(28-30-48(52)56)40-54-58(34-36-60-4-2)44-21-11-8-12-22-44/h3-4,7-16,19-30,37-40H,1-2,5-6,17-18,31-36H2. The second-order valence-corrected chi connectivity index (χ2v) is 17.0. The van der Waals surface area contributed by atoms with Crippen LogP contribution in [0.15, 0.2) is 201 Å². The molecule has 0 saturated heterocycles. The maximum atomic E-state index is 5.43. The minimum absolute atomic E-state index is 0.502. The van der Waals surface area contributed by atoms with Gasteiger partial charge in [-0.15, -0.1) is 0 Å². The first-order valence-electron chi connectivity index (χ1n) is 21.2. The number of rotatable bonds is 21. The number of para-hydroxylation sites is 4. The van der Waals surface area contributed by atoms with E-state index in [0.29, 0.717) is 26.3 Å². The Labute approximate surface area is 374 Å². The molecule has 6 aromatic carbocycles. The van der Waals surface area contributed by atoms with Gasteiger partial charge >= 0.3 is 0 Å². The van der Waals surface area contributed by atoms with Crippen LogP contribution in [0.4, 0.5) is 34.1 Å². The van der Waals surface area contributed by atoms with Crippen LogP contribution in [0, 0.1) is 0 Å². The van der Waals surface area contributed by atoms with Crippen LogP contribution >= 0.6 is 23.5 Å². The predicted molar refractivity (Wildman–Crippen MR) is 262 cm³/mol. The second-order valence-electron chi connectivity index (χ2n) is 14.8. The summed E-state index contributed by atoms with van der Waals surface area (Å²) in [5, 5.41) is 13.7. The summed E-state index contributed by atoms with van der Waals surface area (Å²) in [5.74, 6) is 0. The van der Waals surface area contributed by atoms with Crippen LogP contribution in [-0.4, -0.2) is 51.8 Å². The smallest absolute Gasteiger partial charge is 0.107 e. The second kappa shape index (κ2) is 21.4. The zero-order valence-electron chi connectivity index (χ0n) is 35.0. The van der Waals surface area contributed by atoms with Crippen molar-refractivity contribution >= 4 is 70.1 Å². The minimum Gasteiger partial charge on any atom is -0.500 e. The highest BCUT2D eigenvalue weighted by molar-refractivity contribution is 8.00. The number of hydrazone groups is 2. The lowest BCUT2D eigenvalue weighted by molar-refractivity contribution is 0.258. The van der Waals surface area contributed by atoms with E-state index in [4.69, 9.17) is 19.7 Å². The third-order valence-corrected chi connectivity index (χ3v) is 12.9. The molecule has 0 amide bonds.